The molecule has 1 atom stereocenters. The predicted octanol–water partition coefficient (Wildman–Crippen LogP) is 3.54. The molecule has 1 heterocycles. The second-order valence-electron chi connectivity index (χ2n) is 6.54. The van der Waals surface area contributed by atoms with Crippen molar-refractivity contribution in [2.24, 2.45) is 0 Å². The highest BCUT2D eigenvalue weighted by Crippen LogP contribution is 2.25. The minimum Gasteiger partial charge on any atom is -0.325 e. The van der Waals surface area contributed by atoms with Crippen molar-refractivity contribution in [3.8, 4) is 0 Å². The van der Waals surface area contributed by atoms with E-state index in [4.69, 9.17) is 11.6 Å². The normalized spacial score (nSPS) is 18.1. The van der Waals surface area contributed by atoms with Crippen molar-refractivity contribution in [3.05, 3.63) is 64.2 Å². The minimum absolute atomic E-state index is 0.0163. The molecule has 25 heavy (non-hydrogen) atoms. The second kappa shape index (κ2) is 8.00. The maximum Gasteiger partial charge on any atom is 0.238 e. The molecule has 0 aromatic heterocycles. The predicted molar refractivity (Wildman–Crippen MR) is 103 cm³/mol. The van der Waals surface area contributed by atoms with E-state index in [9.17, 15) is 4.79 Å². The first-order chi connectivity index (χ1) is 12.0. The summed E-state index contributed by atoms with van der Waals surface area (Å²) in [6.45, 7) is 6.98. The van der Waals surface area contributed by atoms with Gasteiger partial charge >= 0.3 is 0 Å². The number of carbonyl (C=O) groups is 1. The molecule has 0 aliphatic carbocycles. The number of amides is 1. The summed E-state index contributed by atoms with van der Waals surface area (Å²) in [6, 6.07) is 14.0. The van der Waals surface area contributed by atoms with Gasteiger partial charge in [-0.05, 0) is 48.7 Å². The number of hydrogen-bond donors (Lipinski definition) is 2. The number of hydrogen-bond acceptors (Lipinski definition) is 3. The fourth-order valence-corrected chi connectivity index (χ4v) is 3.44. The van der Waals surface area contributed by atoms with E-state index in [1.54, 1.807) is 0 Å². The highest BCUT2D eigenvalue weighted by Gasteiger charge is 2.25. The number of aryl methyl sites for hydroxylation is 1. The van der Waals surface area contributed by atoms with Crippen LogP contribution in [0.4, 0.5) is 5.69 Å². The van der Waals surface area contributed by atoms with Crippen LogP contribution in [0, 0.1) is 13.8 Å². The van der Waals surface area contributed by atoms with Crippen molar-refractivity contribution in [1.29, 1.82) is 0 Å². The molecule has 0 radical (unpaired) electrons. The van der Waals surface area contributed by atoms with Crippen molar-refractivity contribution < 1.29 is 4.79 Å². The Morgan fingerprint density at radius 3 is 2.88 bits per heavy atom. The Kier molecular flexibility index (Phi) is 5.74. The van der Waals surface area contributed by atoms with Crippen LogP contribution in [-0.2, 0) is 4.79 Å². The lowest BCUT2D eigenvalue weighted by molar-refractivity contribution is -0.118. The quantitative estimate of drug-likeness (QED) is 0.879. The molecule has 2 aromatic rings. The molecule has 5 heteroatoms. The molecule has 1 fully saturated rings. The van der Waals surface area contributed by atoms with Crippen LogP contribution in [-0.4, -0.2) is 37.0 Å². The average molecular weight is 358 g/mol. The first kappa shape index (κ1) is 17.9. The zero-order valence-electron chi connectivity index (χ0n) is 14.7. The number of halogens is 1. The van der Waals surface area contributed by atoms with Gasteiger partial charge < -0.3 is 10.6 Å². The third kappa shape index (κ3) is 4.40. The van der Waals surface area contributed by atoms with Gasteiger partial charge in [-0.1, -0.05) is 35.9 Å². The van der Waals surface area contributed by atoms with E-state index in [1.807, 2.05) is 37.3 Å². The van der Waals surface area contributed by atoms with Gasteiger partial charge in [0.05, 0.1) is 6.54 Å². The van der Waals surface area contributed by atoms with E-state index in [1.165, 1.54) is 5.56 Å². The molecule has 1 aliphatic heterocycles. The van der Waals surface area contributed by atoms with Gasteiger partial charge in [0.25, 0.3) is 0 Å². The highest BCUT2D eigenvalue weighted by molar-refractivity contribution is 6.30. The number of benzene rings is 2. The Morgan fingerprint density at radius 1 is 1.28 bits per heavy atom. The van der Waals surface area contributed by atoms with Crippen LogP contribution >= 0.6 is 11.6 Å². The summed E-state index contributed by atoms with van der Waals surface area (Å²) in [5.41, 5.74) is 4.32. The molecule has 1 amide bonds. The second-order valence-corrected chi connectivity index (χ2v) is 6.98. The van der Waals surface area contributed by atoms with Crippen molar-refractivity contribution in [2.75, 3.05) is 31.5 Å². The number of carbonyl (C=O) groups excluding carboxylic acids is 1. The topological polar surface area (TPSA) is 44.4 Å². The Bertz CT molecular complexity index is 762. The highest BCUT2D eigenvalue weighted by atomic mass is 35.5. The summed E-state index contributed by atoms with van der Waals surface area (Å²) < 4.78 is 0. The van der Waals surface area contributed by atoms with E-state index in [-0.39, 0.29) is 11.9 Å². The van der Waals surface area contributed by atoms with E-state index >= 15 is 0 Å². The third-order valence-electron chi connectivity index (χ3n) is 4.81. The van der Waals surface area contributed by atoms with Crippen LogP contribution in [0.25, 0.3) is 0 Å². The molecular formula is C20H24ClN3O. The number of piperazine rings is 1. The minimum atomic E-state index is 0.0163. The summed E-state index contributed by atoms with van der Waals surface area (Å²) in [5.74, 6) is 0.0163. The number of nitrogens with zero attached hydrogens (tertiary/aromatic N) is 1. The molecule has 4 nitrogen and oxygen atoms in total. The van der Waals surface area contributed by atoms with Gasteiger partial charge in [0.1, 0.15) is 0 Å². The lowest BCUT2D eigenvalue weighted by Gasteiger charge is -2.36. The summed E-state index contributed by atoms with van der Waals surface area (Å²) in [7, 11) is 0. The Morgan fingerprint density at radius 2 is 2.08 bits per heavy atom. The van der Waals surface area contributed by atoms with Crippen molar-refractivity contribution in [3.63, 3.8) is 0 Å². The molecule has 0 spiro atoms. The molecule has 1 saturated heterocycles. The van der Waals surface area contributed by atoms with Gasteiger partial charge in [0.2, 0.25) is 5.91 Å². The largest absolute Gasteiger partial charge is 0.325 e. The lowest BCUT2D eigenvalue weighted by atomic mass is 10.0. The average Bonchev–Trinajstić information content (AvgIpc) is 2.59. The van der Waals surface area contributed by atoms with Gasteiger partial charge in [0.15, 0.2) is 0 Å². The van der Waals surface area contributed by atoms with Gasteiger partial charge in [-0.3, -0.25) is 9.69 Å². The van der Waals surface area contributed by atoms with Gasteiger partial charge in [-0.25, -0.2) is 0 Å². The number of nitrogens with one attached hydrogen (secondary N) is 2. The first-order valence-corrected chi connectivity index (χ1v) is 8.98. The van der Waals surface area contributed by atoms with E-state index < -0.39 is 0 Å². The molecule has 1 unspecified atom stereocenters. The first-order valence-electron chi connectivity index (χ1n) is 8.61. The van der Waals surface area contributed by atoms with Crippen LogP contribution < -0.4 is 10.6 Å². The fraction of sp³-hybridized carbons (Fsp3) is 0.350. The van der Waals surface area contributed by atoms with Crippen LogP contribution in [0.3, 0.4) is 0 Å². The maximum atomic E-state index is 12.6. The maximum absolute atomic E-state index is 12.6. The molecule has 2 N–H and O–H groups in total. The summed E-state index contributed by atoms with van der Waals surface area (Å²) in [5, 5.41) is 7.19. The zero-order valence-corrected chi connectivity index (χ0v) is 15.4. The Balaban J connectivity index is 1.71. The van der Waals surface area contributed by atoms with E-state index in [0.29, 0.717) is 6.54 Å². The SMILES string of the molecule is Cc1cccc(NC(=O)CN2CCNCC2c2cccc(Cl)c2)c1C. The van der Waals surface area contributed by atoms with Crippen molar-refractivity contribution in [1.82, 2.24) is 10.2 Å². The van der Waals surface area contributed by atoms with Crippen molar-refractivity contribution in [2.45, 2.75) is 19.9 Å². The zero-order chi connectivity index (χ0) is 17.8. The van der Waals surface area contributed by atoms with Crippen molar-refractivity contribution >= 4 is 23.2 Å². The number of rotatable bonds is 4. The molecule has 3 rings (SSSR count). The summed E-state index contributed by atoms with van der Waals surface area (Å²) >= 11 is 6.14. The van der Waals surface area contributed by atoms with Crippen LogP contribution in [0.2, 0.25) is 5.02 Å². The van der Waals surface area contributed by atoms with Gasteiger partial charge in [0, 0.05) is 36.4 Å². The summed E-state index contributed by atoms with van der Waals surface area (Å²) in [6.07, 6.45) is 0. The fourth-order valence-electron chi connectivity index (χ4n) is 3.24. The Hall–Kier alpha value is -1.88. The number of anilines is 1. The third-order valence-corrected chi connectivity index (χ3v) is 5.05. The van der Waals surface area contributed by atoms with Gasteiger partial charge in [-0.15, -0.1) is 0 Å². The summed E-state index contributed by atoms with van der Waals surface area (Å²) in [4.78, 5) is 14.8. The van der Waals surface area contributed by atoms with Gasteiger partial charge in [-0.2, -0.15) is 0 Å². The lowest BCUT2D eigenvalue weighted by Crippen LogP contribution is -2.48. The standard InChI is InChI=1S/C20H24ClN3O/c1-14-5-3-8-18(15(14)2)23-20(25)13-24-10-9-22-12-19(24)16-6-4-7-17(21)11-16/h3-8,11,19,22H,9-10,12-13H2,1-2H3,(H,23,25). The molecule has 132 valence electrons. The molecule has 2 aromatic carbocycles. The monoisotopic (exact) mass is 357 g/mol. The van der Waals surface area contributed by atoms with E-state index in [2.05, 4.69) is 34.6 Å². The molecule has 1 aliphatic rings. The molecule has 0 saturated carbocycles. The van der Waals surface area contributed by atoms with Crippen LogP contribution in [0.1, 0.15) is 22.7 Å². The van der Waals surface area contributed by atoms with E-state index in [0.717, 1.165) is 41.5 Å². The molecular weight excluding hydrogens is 334 g/mol. The molecule has 0 bridgehead atoms. The van der Waals surface area contributed by atoms with Crippen LogP contribution in [0.5, 0.6) is 0 Å². The smallest absolute Gasteiger partial charge is 0.238 e. The Labute approximate surface area is 154 Å². The van der Waals surface area contributed by atoms with Crippen LogP contribution in [0.15, 0.2) is 42.5 Å².